The quantitative estimate of drug-likeness (QED) is 0.0816. The van der Waals surface area contributed by atoms with E-state index in [9.17, 15) is 33.6 Å². The molecule has 13 rings (SSSR count). The third-order valence-electron chi connectivity index (χ3n) is 19.3. The molecule has 7 amide bonds. The lowest BCUT2D eigenvalue weighted by Crippen LogP contribution is -2.58. The van der Waals surface area contributed by atoms with E-state index in [1.807, 2.05) is 60.3 Å². The molecule has 88 heavy (non-hydrogen) atoms. The van der Waals surface area contributed by atoms with Crippen molar-refractivity contribution >= 4 is 92.6 Å². The number of benzene rings is 4. The zero-order valence-corrected chi connectivity index (χ0v) is 50.9. The Labute approximate surface area is 514 Å². The third-order valence-corrected chi connectivity index (χ3v) is 19.6. The van der Waals surface area contributed by atoms with Crippen molar-refractivity contribution < 1.29 is 42.7 Å². The number of aryl methyl sites for hydroxylation is 1. The van der Waals surface area contributed by atoms with E-state index in [1.54, 1.807) is 59.4 Å². The molecule has 1 atom stereocenters. The van der Waals surface area contributed by atoms with Gasteiger partial charge in [0.25, 0.3) is 23.6 Å². The summed E-state index contributed by atoms with van der Waals surface area (Å²) in [6, 6.07) is 20.0. The van der Waals surface area contributed by atoms with Crippen LogP contribution in [0.5, 0.6) is 0 Å². The Morgan fingerprint density at radius 1 is 0.761 bits per heavy atom. The molecule has 2 N–H and O–H groups in total. The summed E-state index contributed by atoms with van der Waals surface area (Å²) < 4.78 is 18.0. The maximum atomic E-state index is 16.0. The van der Waals surface area contributed by atoms with Gasteiger partial charge >= 0.3 is 0 Å². The molecule has 1 spiro atoms. The lowest BCUT2D eigenvalue weighted by Gasteiger charge is -2.48. The number of imide groups is 2. The highest BCUT2D eigenvalue weighted by Crippen LogP contribution is 2.53. The summed E-state index contributed by atoms with van der Waals surface area (Å²) in [5.74, 6) is -2.87. The Bertz CT molecular complexity index is 3930. The second-order valence-corrected chi connectivity index (χ2v) is 26.0. The van der Waals surface area contributed by atoms with Gasteiger partial charge in [-0.05, 0) is 157 Å². The molecule has 7 aliphatic rings. The van der Waals surface area contributed by atoms with Crippen molar-refractivity contribution in [2.75, 3.05) is 67.5 Å². The normalized spacial score (nSPS) is 21.2. The minimum Gasteiger partial charge on any atom is -0.368 e. The van der Waals surface area contributed by atoms with Crippen LogP contribution in [-0.2, 0) is 19.8 Å². The molecule has 4 aromatic carbocycles. The van der Waals surface area contributed by atoms with Gasteiger partial charge in [0.15, 0.2) is 11.6 Å². The summed E-state index contributed by atoms with van der Waals surface area (Å²) in [5.41, 5.74) is 6.28. The Morgan fingerprint density at radius 2 is 1.49 bits per heavy atom. The van der Waals surface area contributed by atoms with Crippen LogP contribution in [0.1, 0.15) is 161 Å². The van der Waals surface area contributed by atoms with Crippen molar-refractivity contribution in [1.82, 2.24) is 39.5 Å². The number of likely N-dealkylation sites (tertiary alicyclic amines) is 2. The number of halogens is 2. The Hall–Kier alpha value is -8.36. The molecule has 1 aliphatic carbocycles. The molecule has 0 bridgehead atoms. The fourth-order valence-electron chi connectivity index (χ4n) is 14.4. The summed E-state index contributed by atoms with van der Waals surface area (Å²) in [4.78, 5) is 129. The number of carbonyl (C=O) groups excluding carboxylic acids is 8. The number of pyridine rings is 1. The molecule has 21 heteroatoms. The predicted octanol–water partition coefficient (Wildman–Crippen LogP) is 9.65. The first-order valence-electron chi connectivity index (χ1n) is 31.0. The Kier molecular flexibility index (Phi) is 15.3. The molecule has 5 fully saturated rings. The van der Waals surface area contributed by atoms with Crippen LogP contribution < -0.4 is 20.4 Å². The van der Waals surface area contributed by atoms with Crippen molar-refractivity contribution in [3.8, 4) is 11.3 Å². The second-order valence-electron chi connectivity index (χ2n) is 25.6. The fourth-order valence-corrected chi connectivity index (χ4v) is 14.7. The van der Waals surface area contributed by atoms with Gasteiger partial charge in [-0.15, -0.1) is 0 Å². The molecule has 0 radical (unpaired) electrons. The van der Waals surface area contributed by atoms with Crippen LogP contribution in [0.2, 0.25) is 5.02 Å². The van der Waals surface area contributed by atoms with Crippen LogP contribution in [0, 0.1) is 18.7 Å². The maximum absolute atomic E-state index is 16.0. The number of nitrogens with one attached hydrogen (secondary N) is 2. The van der Waals surface area contributed by atoms with Crippen molar-refractivity contribution in [2.45, 2.75) is 128 Å². The van der Waals surface area contributed by atoms with Gasteiger partial charge in [0.05, 0.1) is 50.4 Å². The number of aromatic nitrogens is 3. The largest absolute Gasteiger partial charge is 0.368 e. The van der Waals surface area contributed by atoms with Crippen LogP contribution in [-0.4, -0.2) is 152 Å². The first-order chi connectivity index (χ1) is 42.3. The monoisotopic (exact) mass is 1210 g/mol. The number of anilines is 4. The molecule has 19 nitrogen and oxygen atoms in total. The number of imidazole rings is 1. The van der Waals surface area contributed by atoms with Crippen molar-refractivity contribution in [2.24, 2.45) is 5.92 Å². The summed E-state index contributed by atoms with van der Waals surface area (Å²) in [6.07, 6.45) is 8.24. The molecular weight excluding hydrogens is 1140 g/mol. The standard InChI is InChI=1S/C67H71ClFN11O8/c1-37(2)27-57(81)47-34-53(51(69)28-39(47)5)72-60-59-54(70-36-78(59)38(3)4)35-52(71-60)40-10-14-49-56(30-40)79(44-31-43(32-44)74-19-7-6-8-20-74)66(88)67(49)17-21-76(22-18-67)63(85)46-12-9-41(29-50(46)68)62(84)77-25-23-75(24-26-77)42-11-13-45-48(33-42)65(87)80(64(45)86)55-15-16-58(82)73-61(55)83/h9-14,28-30,33-38,43-44,55H,6-8,15-27,31-32H2,1-5H3,(H,71,72)(H,73,82,83). The molecule has 6 aliphatic heterocycles. The molecule has 1 unspecified atom stereocenters. The van der Waals surface area contributed by atoms with Gasteiger partial charge in [0.1, 0.15) is 17.4 Å². The van der Waals surface area contributed by atoms with Gasteiger partial charge in [-0.2, -0.15) is 0 Å². The van der Waals surface area contributed by atoms with Crippen molar-refractivity contribution in [3.05, 3.63) is 129 Å². The average molecular weight is 1210 g/mol. The molecule has 6 aromatic rings. The highest BCUT2D eigenvalue weighted by Gasteiger charge is 2.56. The number of hydrogen-bond donors (Lipinski definition) is 2. The highest BCUT2D eigenvalue weighted by atomic mass is 35.5. The van der Waals surface area contributed by atoms with E-state index in [0.29, 0.717) is 109 Å². The van der Waals surface area contributed by atoms with Gasteiger partial charge in [-0.25, -0.2) is 14.4 Å². The minimum absolute atomic E-state index is 0.00416. The van der Waals surface area contributed by atoms with E-state index in [-0.39, 0.29) is 81.7 Å². The first-order valence-corrected chi connectivity index (χ1v) is 31.3. The Balaban J connectivity index is 0.717. The lowest BCUT2D eigenvalue weighted by molar-refractivity contribution is -0.136. The number of rotatable bonds is 13. The van der Waals surface area contributed by atoms with E-state index in [0.717, 1.165) is 47.6 Å². The summed E-state index contributed by atoms with van der Waals surface area (Å²) in [7, 11) is 0. The topological polar surface area (TPSA) is 211 Å². The number of fused-ring (bicyclic) bond motifs is 4. The number of carbonyl (C=O) groups is 8. The third kappa shape index (κ3) is 10.3. The summed E-state index contributed by atoms with van der Waals surface area (Å²) >= 11 is 6.91. The Morgan fingerprint density at radius 3 is 2.19 bits per heavy atom. The summed E-state index contributed by atoms with van der Waals surface area (Å²) in [5, 5.41) is 5.64. The number of nitrogens with zero attached hydrogens (tertiary/aromatic N) is 9. The lowest BCUT2D eigenvalue weighted by atomic mass is 9.73. The minimum atomic E-state index is -1.07. The molecule has 8 heterocycles. The number of piperidine rings is 3. The zero-order chi connectivity index (χ0) is 61.6. The van der Waals surface area contributed by atoms with Gasteiger partial charge in [-0.3, -0.25) is 48.6 Å². The fraction of sp³-hybridized carbons (Fsp3) is 0.433. The molecular formula is C67H71ClFN11O8. The predicted molar refractivity (Wildman–Crippen MR) is 331 cm³/mol. The number of piperazine rings is 1. The molecule has 456 valence electrons. The van der Waals surface area contributed by atoms with E-state index in [2.05, 4.69) is 21.6 Å². The number of hydrogen-bond acceptors (Lipinski definition) is 13. The van der Waals surface area contributed by atoms with E-state index >= 15 is 9.18 Å². The molecule has 1 saturated carbocycles. The van der Waals surface area contributed by atoms with Gasteiger partial charge < -0.3 is 34.4 Å². The number of ketones is 1. The first kappa shape index (κ1) is 58.6. The number of Topliss-reactive ketones (excluding diaryl/α,β-unsaturated/α-hetero) is 1. The van der Waals surface area contributed by atoms with E-state index in [1.165, 1.54) is 31.4 Å². The van der Waals surface area contributed by atoms with Gasteiger partial charge in [0, 0.05) is 98.3 Å². The highest BCUT2D eigenvalue weighted by molar-refractivity contribution is 6.34. The van der Waals surface area contributed by atoms with Crippen molar-refractivity contribution in [1.29, 1.82) is 0 Å². The maximum Gasteiger partial charge on any atom is 0.262 e. The average Bonchev–Trinajstić information content (AvgIpc) is 1.61. The number of amides is 7. The van der Waals surface area contributed by atoms with E-state index in [4.69, 9.17) is 21.6 Å². The van der Waals surface area contributed by atoms with Crippen LogP contribution in [0.25, 0.3) is 22.3 Å². The van der Waals surface area contributed by atoms with Crippen LogP contribution >= 0.6 is 11.6 Å². The smallest absolute Gasteiger partial charge is 0.262 e. The SMILES string of the molecule is Cc1cc(F)c(Nc2nc(-c3ccc4c(c3)N(C3CC(N5CCCCC5)C3)C(=O)C43CCN(C(=O)c4ccc(C(=O)N5CCN(c6ccc7c(c6)C(=O)N(C6CCC(=O)NC6=O)C7=O)CC5)cc4Cl)CC3)cc3ncn(C(C)C)c23)cc1C(=O)CC(C)C. The van der Waals surface area contributed by atoms with Gasteiger partial charge in [0.2, 0.25) is 17.7 Å². The van der Waals surface area contributed by atoms with Crippen molar-refractivity contribution in [3.63, 3.8) is 0 Å². The molecule has 4 saturated heterocycles. The van der Waals surface area contributed by atoms with Crippen LogP contribution in [0.15, 0.2) is 79.1 Å². The second kappa shape index (κ2) is 23.0. The zero-order valence-electron chi connectivity index (χ0n) is 50.2. The van der Waals surface area contributed by atoms with Crippen LogP contribution in [0.3, 0.4) is 0 Å². The molecule has 2 aromatic heterocycles. The summed E-state index contributed by atoms with van der Waals surface area (Å²) in [6.45, 7) is 14.0. The van der Waals surface area contributed by atoms with E-state index < -0.39 is 40.9 Å². The van der Waals surface area contributed by atoms with Crippen LogP contribution in [0.4, 0.5) is 27.3 Å². The van der Waals surface area contributed by atoms with Gasteiger partial charge in [-0.1, -0.05) is 44.0 Å².